The molecule has 1 aliphatic carbocycles. The van der Waals surface area contributed by atoms with Crippen molar-refractivity contribution < 1.29 is 23.1 Å². The molecular weight excluding hydrogens is 285 g/mol. The third-order valence-electron chi connectivity index (χ3n) is 3.56. The molecule has 1 aromatic rings. The van der Waals surface area contributed by atoms with Crippen molar-refractivity contribution in [1.82, 2.24) is 0 Å². The first kappa shape index (κ1) is 15.1. The minimum absolute atomic E-state index is 0.0430. The van der Waals surface area contributed by atoms with Crippen LogP contribution in [-0.2, 0) is 16.4 Å². The number of rotatable bonds is 4. The number of hydrogen-bond donors (Lipinski definition) is 3. The normalized spacial score (nSPS) is 17.4. The summed E-state index contributed by atoms with van der Waals surface area (Å²) in [7, 11) is 0. The lowest BCUT2D eigenvalue weighted by molar-refractivity contribution is -0.137. The van der Waals surface area contributed by atoms with E-state index in [1.807, 2.05) is 0 Å². The number of carbonyl (C=O) groups excluding carboxylic acids is 1. The third-order valence-corrected chi connectivity index (χ3v) is 3.56. The second kappa shape index (κ2) is 4.91. The average molecular weight is 298 g/mol. The Morgan fingerprint density at radius 2 is 1.81 bits per heavy atom. The van der Waals surface area contributed by atoms with Crippen LogP contribution in [0.25, 0.3) is 0 Å². The number of primary amides is 1. The standard InChI is InChI=1S/C14H13F3N2O2/c15-14(16,17)9-3-1-8(2-4-9)13(5-6-13)11(18)7-10(20)12(19)21/h1-4,7,18,20H,5-6H2,(H2,19,21)/b10-7+,18-11?. The number of hydrogen-bond acceptors (Lipinski definition) is 3. The first-order valence-corrected chi connectivity index (χ1v) is 6.14. The van der Waals surface area contributed by atoms with Crippen molar-refractivity contribution in [1.29, 1.82) is 5.41 Å². The van der Waals surface area contributed by atoms with E-state index in [2.05, 4.69) is 0 Å². The minimum Gasteiger partial charge on any atom is -0.503 e. The Labute approximate surface area is 118 Å². The highest BCUT2D eigenvalue weighted by Crippen LogP contribution is 2.49. The summed E-state index contributed by atoms with van der Waals surface area (Å²) in [4.78, 5) is 10.8. The molecule has 0 bridgehead atoms. The van der Waals surface area contributed by atoms with Gasteiger partial charge < -0.3 is 16.2 Å². The molecule has 1 aliphatic rings. The van der Waals surface area contributed by atoms with Crippen LogP contribution in [0.5, 0.6) is 0 Å². The van der Waals surface area contributed by atoms with Crippen molar-refractivity contribution in [2.24, 2.45) is 5.73 Å². The summed E-state index contributed by atoms with van der Waals surface area (Å²) < 4.78 is 37.5. The fraction of sp³-hybridized carbons (Fsp3) is 0.286. The summed E-state index contributed by atoms with van der Waals surface area (Å²) in [5, 5.41) is 17.2. The Bertz CT molecular complexity index is 614. The van der Waals surface area contributed by atoms with Crippen LogP contribution in [0, 0.1) is 5.41 Å². The van der Waals surface area contributed by atoms with Crippen molar-refractivity contribution >= 4 is 11.6 Å². The fourth-order valence-corrected chi connectivity index (χ4v) is 2.16. The van der Waals surface area contributed by atoms with E-state index in [0.717, 1.165) is 18.2 Å². The highest BCUT2D eigenvalue weighted by molar-refractivity contribution is 6.07. The zero-order valence-electron chi connectivity index (χ0n) is 10.9. The minimum atomic E-state index is -4.41. The number of allylic oxidation sites excluding steroid dienone is 1. The molecular formula is C14H13F3N2O2. The van der Waals surface area contributed by atoms with Gasteiger partial charge in [0.1, 0.15) is 0 Å². The zero-order valence-corrected chi connectivity index (χ0v) is 10.9. The molecule has 0 spiro atoms. The summed E-state index contributed by atoms with van der Waals surface area (Å²) in [5.74, 6) is -1.79. The van der Waals surface area contributed by atoms with E-state index < -0.39 is 28.8 Å². The first-order chi connectivity index (χ1) is 9.67. The van der Waals surface area contributed by atoms with Gasteiger partial charge in [-0.05, 0) is 30.5 Å². The van der Waals surface area contributed by atoms with E-state index in [-0.39, 0.29) is 5.71 Å². The Hall–Kier alpha value is -2.31. The van der Waals surface area contributed by atoms with Gasteiger partial charge in [0.2, 0.25) is 0 Å². The van der Waals surface area contributed by atoms with Gasteiger partial charge in [-0.25, -0.2) is 0 Å². The number of aliphatic hydroxyl groups is 1. The quantitative estimate of drug-likeness (QED) is 0.453. The number of aliphatic hydroxyl groups excluding tert-OH is 1. The van der Waals surface area contributed by atoms with E-state index in [4.69, 9.17) is 11.1 Å². The summed E-state index contributed by atoms with van der Waals surface area (Å²) in [6.45, 7) is 0. The number of carbonyl (C=O) groups is 1. The Kier molecular flexibility index (Phi) is 3.52. The summed E-state index contributed by atoms with van der Waals surface area (Å²) in [5.41, 5.74) is 3.88. The highest BCUT2D eigenvalue weighted by Gasteiger charge is 2.48. The Balaban J connectivity index is 2.27. The number of alkyl halides is 3. The first-order valence-electron chi connectivity index (χ1n) is 6.14. The highest BCUT2D eigenvalue weighted by atomic mass is 19.4. The van der Waals surface area contributed by atoms with Crippen molar-refractivity contribution in [3.05, 3.63) is 47.2 Å². The number of amides is 1. The maximum Gasteiger partial charge on any atom is 0.416 e. The van der Waals surface area contributed by atoms with Crippen LogP contribution in [-0.4, -0.2) is 16.7 Å². The van der Waals surface area contributed by atoms with Gasteiger partial charge in [-0.1, -0.05) is 12.1 Å². The maximum absolute atomic E-state index is 12.5. The zero-order chi connectivity index (χ0) is 15.8. The van der Waals surface area contributed by atoms with Crippen LogP contribution in [0.3, 0.4) is 0 Å². The molecule has 4 N–H and O–H groups in total. The molecule has 0 unspecified atom stereocenters. The number of nitrogens with two attached hydrogens (primary N) is 1. The molecule has 1 saturated carbocycles. The number of halogens is 3. The Morgan fingerprint density at radius 1 is 1.29 bits per heavy atom. The van der Waals surface area contributed by atoms with Crippen LogP contribution in [0.15, 0.2) is 36.1 Å². The number of nitrogens with one attached hydrogen (secondary N) is 1. The molecule has 1 amide bonds. The van der Waals surface area contributed by atoms with Crippen LogP contribution in [0.2, 0.25) is 0 Å². The lowest BCUT2D eigenvalue weighted by Crippen LogP contribution is -2.21. The van der Waals surface area contributed by atoms with Crippen LogP contribution >= 0.6 is 0 Å². The van der Waals surface area contributed by atoms with Crippen LogP contribution < -0.4 is 5.73 Å². The van der Waals surface area contributed by atoms with Crippen LogP contribution in [0.1, 0.15) is 24.0 Å². The van der Waals surface area contributed by atoms with Gasteiger partial charge in [-0.3, -0.25) is 4.79 Å². The molecule has 4 nitrogen and oxygen atoms in total. The van der Waals surface area contributed by atoms with E-state index >= 15 is 0 Å². The largest absolute Gasteiger partial charge is 0.503 e. The molecule has 0 heterocycles. The van der Waals surface area contributed by atoms with E-state index in [1.54, 1.807) is 0 Å². The van der Waals surface area contributed by atoms with E-state index in [1.165, 1.54) is 12.1 Å². The fourth-order valence-electron chi connectivity index (χ4n) is 2.16. The molecule has 1 aromatic carbocycles. The lowest BCUT2D eigenvalue weighted by Gasteiger charge is -2.16. The van der Waals surface area contributed by atoms with Crippen molar-refractivity contribution in [2.75, 3.05) is 0 Å². The molecule has 0 atom stereocenters. The molecule has 0 aliphatic heterocycles. The third kappa shape index (κ3) is 2.91. The van der Waals surface area contributed by atoms with Gasteiger partial charge >= 0.3 is 6.18 Å². The average Bonchev–Trinajstić information content (AvgIpc) is 3.19. The van der Waals surface area contributed by atoms with Gasteiger partial charge in [0.05, 0.1) is 5.56 Å². The predicted octanol–water partition coefficient (Wildman–Crippen LogP) is 2.68. The van der Waals surface area contributed by atoms with Gasteiger partial charge in [-0.2, -0.15) is 13.2 Å². The van der Waals surface area contributed by atoms with Crippen molar-refractivity contribution in [3.8, 4) is 0 Å². The monoisotopic (exact) mass is 298 g/mol. The molecule has 21 heavy (non-hydrogen) atoms. The van der Waals surface area contributed by atoms with E-state index in [9.17, 15) is 23.1 Å². The molecule has 2 rings (SSSR count). The molecule has 0 aromatic heterocycles. The van der Waals surface area contributed by atoms with Crippen molar-refractivity contribution in [3.63, 3.8) is 0 Å². The Morgan fingerprint density at radius 3 is 2.19 bits per heavy atom. The SMILES string of the molecule is N=C(/C=C(/O)C(N)=O)C1(c2ccc(C(F)(F)F)cc2)CC1. The van der Waals surface area contributed by atoms with Gasteiger partial charge in [0, 0.05) is 17.2 Å². The summed E-state index contributed by atoms with van der Waals surface area (Å²) >= 11 is 0. The number of benzene rings is 1. The predicted molar refractivity (Wildman–Crippen MR) is 70.0 cm³/mol. The summed E-state index contributed by atoms with van der Waals surface area (Å²) in [6, 6.07) is 4.56. The van der Waals surface area contributed by atoms with Gasteiger partial charge in [0.15, 0.2) is 5.76 Å². The van der Waals surface area contributed by atoms with Crippen molar-refractivity contribution in [2.45, 2.75) is 24.4 Å². The molecule has 1 fully saturated rings. The molecule has 0 radical (unpaired) electrons. The lowest BCUT2D eigenvalue weighted by atomic mass is 9.89. The second-order valence-electron chi connectivity index (χ2n) is 4.96. The second-order valence-corrected chi connectivity index (χ2v) is 4.96. The van der Waals surface area contributed by atoms with Gasteiger partial charge in [0.25, 0.3) is 5.91 Å². The molecule has 112 valence electrons. The molecule has 0 saturated heterocycles. The topological polar surface area (TPSA) is 87.2 Å². The van der Waals surface area contributed by atoms with E-state index in [0.29, 0.717) is 18.4 Å². The maximum atomic E-state index is 12.5. The van der Waals surface area contributed by atoms with Crippen LogP contribution in [0.4, 0.5) is 13.2 Å². The molecule has 7 heteroatoms. The summed E-state index contributed by atoms with van der Waals surface area (Å²) in [6.07, 6.45) is -2.32. The smallest absolute Gasteiger partial charge is 0.416 e. The van der Waals surface area contributed by atoms with Gasteiger partial charge in [-0.15, -0.1) is 0 Å².